The Kier molecular flexibility index (Phi) is 11.8. The molecule has 2 atom stereocenters. The summed E-state index contributed by atoms with van der Waals surface area (Å²) in [4.78, 5) is 79.8. The second kappa shape index (κ2) is 18.0. The molecule has 5 aliphatic heterocycles. The Balaban J connectivity index is 0.735. The highest BCUT2D eigenvalue weighted by molar-refractivity contribution is 7.13. The summed E-state index contributed by atoms with van der Waals surface area (Å²) >= 11 is 1.28. The molecule has 3 saturated heterocycles. The first-order valence-corrected chi connectivity index (χ1v) is 23.6. The number of rotatable bonds is 11. The predicted octanol–water partition coefficient (Wildman–Crippen LogP) is 6.54. The monoisotopic (exact) mass is 897 g/mol. The van der Waals surface area contributed by atoms with Crippen LogP contribution in [0.3, 0.4) is 0 Å². The van der Waals surface area contributed by atoms with Crippen molar-refractivity contribution in [3.05, 3.63) is 118 Å². The molecule has 0 radical (unpaired) electrons. The summed E-state index contributed by atoms with van der Waals surface area (Å²) in [6, 6.07) is 16.3. The summed E-state index contributed by atoms with van der Waals surface area (Å²) in [7, 11) is 0. The van der Waals surface area contributed by atoms with Gasteiger partial charge in [-0.15, -0.1) is 11.3 Å². The smallest absolute Gasteiger partial charge is 0.255 e. The van der Waals surface area contributed by atoms with E-state index in [-0.39, 0.29) is 41.3 Å². The molecule has 7 heterocycles. The minimum absolute atomic E-state index is 0.0501. The van der Waals surface area contributed by atoms with Gasteiger partial charge < -0.3 is 19.7 Å². The number of hydrogen-bond acceptors (Lipinski definition) is 10. The van der Waals surface area contributed by atoms with Crippen LogP contribution in [0.4, 0.5) is 15.2 Å². The highest BCUT2D eigenvalue weighted by Gasteiger charge is 2.42. The SMILES string of the molecule is Cc1cc(C2CCN(C(=O)CN3CCC(c4ccc(NC5CCC(=O)NC5=O)cc4)CC3)CC2)ccc1-c1cc(F)c2c(c1)C(=O)N(C(C(=O)Nc1nccs1)c1ncn3c1CCC3)C2. The number of imidazole rings is 1. The average Bonchev–Trinajstić information content (AvgIpc) is 4.13. The van der Waals surface area contributed by atoms with Gasteiger partial charge in [0.05, 0.1) is 25.1 Å². The van der Waals surface area contributed by atoms with Gasteiger partial charge in [0.15, 0.2) is 11.2 Å². The number of nitrogens with zero attached hydrogens (tertiary/aromatic N) is 6. The normalized spacial score (nSPS) is 19.8. The van der Waals surface area contributed by atoms with Crippen molar-refractivity contribution in [1.82, 2.24) is 34.6 Å². The number of thiazole rings is 1. The Morgan fingerprint density at radius 2 is 1.63 bits per heavy atom. The third kappa shape index (κ3) is 8.68. The van der Waals surface area contributed by atoms with Gasteiger partial charge in [0.1, 0.15) is 11.9 Å². The van der Waals surface area contributed by atoms with Crippen molar-refractivity contribution in [3.8, 4) is 11.1 Å². The second-order valence-corrected chi connectivity index (χ2v) is 19.0. The van der Waals surface area contributed by atoms with Crippen LogP contribution < -0.4 is 16.0 Å². The van der Waals surface area contributed by atoms with Crippen LogP contribution in [0.5, 0.6) is 0 Å². The van der Waals surface area contributed by atoms with Gasteiger partial charge in [-0.05, 0) is 129 Å². The maximum Gasteiger partial charge on any atom is 0.255 e. The van der Waals surface area contributed by atoms with E-state index in [1.165, 1.54) is 33.4 Å². The highest BCUT2D eigenvalue weighted by Crippen LogP contribution is 2.39. The van der Waals surface area contributed by atoms with Gasteiger partial charge >= 0.3 is 0 Å². The Morgan fingerprint density at radius 1 is 0.877 bits per heavy atom. The van der Waals surface area contributed by atoms with Crippen LogP contribution in [0, 0.1) is 12.7 Å². The molecule has 2 aromatic heterocycles. The zero-order valence-electron chi connectivity index (χ0n) is 36.4. The summed E-state index contributed by atoms with van der Waals surface area (Å²) in [5, 5.41) is 10.7. The van der Waals surface area contributed by atoms with E-state index < -0.39 is 29.7 Å². The Hall–Kier alpha value is -6.26. The van der Waals surface area contributed by atoms with Crippen LogP contribution in [-0.4, -0.2) is 97.5 Å². The molecule has 0 aliphatic carbocycles. The van der Waals surface area contributed by atoms with Crippen molar-refractivity contribution in [3.63, 3.8) is 0 Å². The lowest BCUT2D eigenvalue weighted by Crippen LogP contribution is -2.47. The van der Waals surface area contributed by atoms with Crippen molar-refractivity contribution < 1.29 is 28.4 Å². The summed E-state index contributed by atoms with van der Waals surface area (Å²) in [6.45, 7) is 6.27. The number of halogens is 1. The van der Waals surface area contributed by atoms with Crippen molar-refractivity contribution in [2.24, 2.45) is 0 Å². The van der Waals surface area contributed by atoms with E-state index in [0.29, 0.717) is 54.8 Å². The second-order valence-electron chi connectivity index (χ2n) is 18.1. The lowest BCUT2D eigenvalue weighted by molar-refractivity contribution is -0.134. The van der Waals surface area contributed by atoms with Crippen LogP contribution in [0.25, 0.3) is 11.1 Å². The molecular formula is C49H52FN9O5S. The minimum Gasteiger partial charge on any atom is -0.374 e. The van der Waals surface area contributed by atoms with E-state index in [4.69, 9.17) is 0 Å². The maximum atomic E-state index is 16.1. The summed E-state index contributed by atoms with van der Waals surface area (Å²) in [5.41, 5.74) is 7.66. The number of amides is 5. The lowest BCUT2D eigenvalue weighted by Gasteiger charge is -2.36. The van der Waals surface area contributed by atoms with Crippen LogP contribution in [0.1, 0.15) is 107 Å². The molecule has 16 heteroatoms. The molecule has 336 valence electrons. The first-order valence-electron chi connectivity index (χ1n) is 22.7. The molecule has 14 nitrogen and oxygen atoms in total. The molecule has 5 amide bonds. The standard InChI is InChI=1S/C49H52FN9O5S/c1-29-23-33(32-14-20-57(21-15-32)43(61)27-56-18-12-31(13-19-56)30-4-7-35(8-5-30)53-40-10-11-42(60)54-46(40)62)6-9-36(29)34-24-37-38(39(50)25-34)26-59(48(37)64)45(47(63)55-49-51-16-22-65-49)44-41-3-2-17-58(41)28-52-44/h4-9,16,22-25,28,31-32,40,45,53H,2-3,10-15,17-21,26-27H2,1H3,(H,51,55,63)(H,54,60,62). The fourth-order valence-corrected chi connectivity index (χ4v) is 11.0. The topological polar surface area (TPSA) is 162 Å². The van der Waals surface area contributed by atoms with E-state index in [1.807, 2.05) is 34.6 Å². The number of imide groups is 1. The van der Waals surface area contributed by atoms with Crippen molar-refractivity contribution in [2.75, 3.05) is 43.4 Å². The van der Waals surface area contributed by atoms with E-state index >= 15 is 4.39 Å². The number of likely N-dealkylation sites (tertiary alicyclic amines) is 2. The molecule has 3 fully saturated rings. The van der Waals surface area contributed by atoms with Crippen molar-refractivity contribution in [2.45, 2.75) is 95.3 Å². The third-order valence-electron chi connectivity index (χ3n) is 14.1. The molecule has 5 aromatic rings. The predicted molar refractivity (Wildman–Crippen MR) is 244 cm³/mol. The number of hydrogen-bond donors (Lipinski definition) is 3. The maximum absolute atomic E-state index is 16.1. The highest BCUT2D eigenvalue weighted by atomic mass is 32.1. The van der Waals surface area contributed by atoms with Crippen molar-refractivity contribution >= 4 is 51.7 Å². The van der Waals surface area contributed by atoms with E-state index in [2.05, 4.69) is 55.1 Å². The average molecular weight is 898 g/mol. The zero-order valence-corrected chi connectivity index (χ0v) is 37.2. The van der Waals surface area contributed by atoms with Crippen molar-refractivity contribution in [1.29, 1.82) is 0 Å². The molecule has 3 N–H and O–H groups in total. The molecular weight excluding hydrogens is 846 g/mol. The number of piperidine rings is 3. The molecule has 0 bridgehead atoms. The van der Waals surface area contributed by atoms with E-state index in [1.54, 1.807) is 24.0 Å². The molecule has 0 spiro atoms. The lowest BCUT2D eigenvalue weighted by atomic mass is 9.86. The molecule has 0 saturated carbocycles. The molecule has 65 heavy (non-hydrogen) atoms. The molecule has 3 aromatic carbocycles. The summed E-state index contributed by atoms with van der Waals surface area (Å²) in [6.07, 6.45) is 9.46. The van der Waals surface area contributed by atoms with Crippen LogP contribution in [0.15, 0.2) is 72.5 Å². The van der Waals surface area contributed by atoms with E-state index in [9.17, 15) is 24.0 Å². The van der Waals surface area contributed by atoms with Gasteiger partial charge in [0.25, 0.3) is 11.8 Å². The van der Waals surface area contributed by atoms with Gasteiger partial charge in [0, 0.05) is 60.1 Å². The molecule has 5 aliphatic rings. The number of nitrogens with one attached hydrogen (secondary N) is 3. The molecule has 2 unspecified atom stereocenters. The number of aryl methyl sites for hydroxylation is 2. The van der Waals surface area contributed by atoms with Gasteiger partial charge in [-0.3, -0.25) is 39.5 Å². The van der Waals surface area contributed by atoms with Crippen LogP contribution in [-0.2, 0) is 38.7 Å². The van der Waals surface area contributed by atoms with Crippen LogP contribution >= 0.6 is 11.3 Å². The van der Waals surface area contributed by atoms with Gasteiger partial charge in [-0.25, -0.2) is 14.4 Å². The van der Waals surface area contributed by atoms with Crippen LogP contribution in [0.2, 0.25) is 0 Å². The molecule has 10 rings (SSSR count). The number of carbonyl (C=O) groups excluding carboxylic acids is 5. The summed E-state index contributed by atoms with van der Waals surface area (Å²) in [5.74, 6) is -0.969. The largest absolute Gasteiger partial charge is 0.374 e. The number of fused-ring (bicyclic) bond motifs is 2. The summed E-state index contributed by atoms with van der Waals surface area (Å²) < 4.78 is 18.1. The van der Waals surface area contributed by atoms with E-state index in [0.717, 1.165) is 80.7 Å². The first kappa shape index (κ1) is 42.7. The fraction of sp³-hybridized carbons (Fsp3) is 0.408. The Bertz CT molecular complexity index is 2650. The number of benzene rings is 3. The Morgan fingerprint density at radius 3 is 2.37 bits per heavy atom. The van der Waals surface area contributed by atoms with Gasteiger partial charge in [-0.1, -0.05) is 30.3 Å². The first-order chi connectivity index (χ1) is 31.6. The zero-order chi connectivity index (χ0) is 44.8. The minimum atomic E-state index is -1.05. The van der Waals surface area contributed by atoms with Gasteiger partial charge in [-0.2, -0.15) is 0 Å². The number of anilines is 2. The quantitative estimate of drug-likeness (QED) is 0.125. The Labute approximate surface area is 380 Å². The van der Waals surface area contributed by atoms with Gasteiger partial charge in [0.2, 0.25) is 17.7 Å². The third-order valence-corrected chi connectivity index (χ3v) is 14.8. The fourth-order valence-electron chi connectivity index (χ4n) is 10.5. The number of aromatic nitrogens is 3. The number of carbonyl (C=O) groups is 5.